The maximum absolute atomic E-state index is 13.8. The molecule has 0 aliphatic rings. The number of hydrogen-bond donors (Lipinski definition) is 1. The van der Waals surface area contributed by atoms with E-state index in [1.54, 1.807) is 11.4 Å². The molecule has 0 bridgehead atoms. The molecule has 2 aromatic rings. The van der Waals surface area contributed by atoms with Gasteiger partial charge in [-0.05, 0) is 28.1 Å². The lowest BCUT2D eigenvalue weighted by atomic mass is 10.1. The summed E-state index contributed by atoms with van der Waals surface area (Å²) in [5.41, 5.74) is -1.77. The fraction of sp³-hybridized carbons (Fsp3) is 0.0833. The van der Waals surface area contributed by atoms with E-state index in [-0.39, 0.29) is 6.54 Å². The fourth-order valence-corrected chi connectivity index (χ4v) is 2.97. The van der Waals surface area contributed by atoms with Crippen LogP contribution >= 0.6 is 27.3 Å². The smallest absolute Gasteiger partial charge is 0.308 e. The molecule has 110 valence electrons. The lowest BCUT2D eigenvalue weighted by Gasteiger charge is -2.05. The average molecular weight is 377 g/mol. The molecule has 0 aliphatic heterocycles. The maximum Gasteiger partial charge on any atom is 0.308 e. The number of nitro benzene ring substituents is 1. The third kappa shape index (κ3) is 3.61. The van der Waals surface area contributed by atoms with Crippen molar-refractivity contribution in [1.29, 1.82) is 0 Å². The van der Waals surface area contributed by atoms with Crippen LogP contribution in [0.2, 0.25) is 0 Å². The predicted molar refractivity (Wildman–Crippen MR) is 76.2 cm³/mol. The standard InChI is InChI=1S/C12H7BrF2N2O3S/c13-6-1-8(21-5-6)4-16-12(18)9-2-7(14)3-10(11(9)15)17(19)20/h1-3,5H,4H2,(H,16,18). The molecule has 1 aromatic heterocycles. The van der Waals surface area contributed by atoms with E-state index in [1.807, 2.05) is 0 Å². The maximum atomic E-state index is 13.8. The first-order chi connectivity index (χ1) is 9.88. The molecule has 0 aliphatic carbocycles. The first kappa shape index (κ1) is 15.5. The lowest BCUT2D eigenvalue weighted by Crippen LogP contribution is -2.24. The highest BCUT2D eigenvalue weighted by molar-refractivity contribution is 9.10. The van der Waals surface area contributed by atoms with Crippen molar-refractivity contribution in [3.63, 3.8) is 0 Å². The predicted octanol–water partition coefficient (Wildman–Crippen LogP) is 3.63. The van der Waals surface area contributed by atoms with Gasteiger partial charge in [-0.1, -0.05) is 0 Å². The molecule has 1 N–H and O–H groups in total. The van der Waals surface area contributed by atoms with Gasteiger partial charge in [-0.2, -0.15) is 4.39 Å². The zero-order chi connectivity index (χ0) is 15.6. The van der Waals surface area contributed by atoms with E-state index < -0.39 is 33.7 Å². The van der Waals surface area contributed by atoms with Gasteiger partial charge in [0.25, 0.3) is 5.91 Å². The number of halogens is 3. The van der Waals surface area contributed by atoms with Crippen LogP contribution in [0.5, 0.6) is 0 Å². The van der Waals surface area contributed by atoms with Gasteiger partial charge in [-0.15, -0.1) is 11.3 Å². The Labute approximate surface area is 129 Å². The normalized spacial score (nSPS) is 10.4. The second-order valence-corrected chi connectivity index (χ2v) is 5.87. The number of hydrogen-bond acceptors (Lipinski definition) is 4. The number of amides is 1. The molecule has 0 unspecified atom stereocenters. The number of thiophene rings is 1. The van der Waals surface area contributed by atoms with Gasteiger partial charge < -0.3 is 5.32 Å². The van der Waals surface area contributed by atoms with Crippen LogP contribution in [-0.2, 0) is 6.54 Å². The highest BCUT2D eigenvalue weighted by atomic mass is 79.9. The van der Waals surface area contributed by atoms with Gasteiger partial charge in [0, 0.05) is 14.7 Å². The van der Waals surface area contributed by atoms with Crippen molar-refractivity contribution in [3.8, 4) is 0 Å². The van der Waals surface area contributed by atoms with Crippen LogP contribution in [0.1, 0.15) is 15.2 Å². The highest BCUT2D eigenvalue weighted by Crippen LogP contribution is 2.23. The van der Waals surface area contributed by atoms with Crippen molar-refractivity contribution in [2.45, 2.75) is 6.54 Å². The summed E-state index contributed by atoms with van der Waals surface area (Å²) >= 11 is 4.61. The summed E-state index contributed by atoms with van der Waals surface area (Å²) in [6.07, 6.45) is 0. The van der Waals surface area contributed by atoms with Crippen LogP contribution in [0.4, 0.5) is 14.5 Å². The van der Waals surface area contributed by atoms with Crippen molar-refractivity contribution in [2.75, 3.05) is 0 Å². The molecule has 1 aromatic carbocycles. The van der Waals surface area contributed by atoms with Crippen LogP contribution in [0.3, 0.4) is 0 Å². The molecule has 5 nitrogen and oxygen atoms in total. The molecule has 0 spiro atoms. The molecule has 0 fully saturated rings. The van der Waals surface area contributed by atoms with Crippen LogP contribution in [0.25, 0.3) is 0 Å². The second-order valence-electron chi connectivity index (χ2n) is 3.96. The Kier molecular flexibility index (Phi) is 4.63. The molecule has 2 rings (SSSR count). The molecular weight excluding hydrogens is 370 g/mol. The van der Waals surface area contributed by atoms with Crippen LogP contribution in [0.15, 0.2) is 28.1 Å². The van der Waals surface area contributed by atoms with Gasteiger partial charge in [0.1, 0.15) is 5.82 Å². The van der Waals surface area contributed by atoms with Gasteiger partial charge in [-0.3, -0.25) is 14.9 Å². The quantitative estimate of drug-likeness (QED) is 0.654. The summed E-state index contributed by atoms with van der Waals surface area (Å²) in [4.78, 5) is 22.1. The fourth-order valence-electron chi connectivity index (χ4n) is 1.58. The number of rotatable bonds is 4. The van der Waals surface area contributed by atoms with E-state index in [2.05, 4.69) is 21.2 Å². The summed E-state index contributed by atoms with van der Waals surface area (Å²) in [5, 5.41) is 14.8. The summed E-state index contributed by atoms with van der Waals surface area (Å²) < 4.78 is 27.9. The lowest BCUT2D eigenvalue weighted by molar-refractivity contribution is -0.387. The van der Waals surface area contributed by atoms with Crippen molar-refractivity contribution < 1.29 is 18.5 Å². The Balaban J connectivity index is 2.21. The molecule has 1 amide bonds. The van der Waals surface area contributed by atoms with Gasteiger partial charge in [-0.25, -0.2) is 4.39 Å². The molecule has 9 heteroatoms. The molecule has 0 saturated carbocycles. The first-order valence-electron chi connectivity index (χ1n) is 5.53. The van der Waals surface area contributed by atoms with Crippen molar-refractivity contribution in [1.82, 2.24) is 5.32 Å². The molecular formula is C12H7BrF2N2O3S. The van der Waals surface area contributed by atoms with E-state index in [4.69, 9.17) is 0 Å². The number of benzene rings is 1. The highest BCUT2D eigenvalue weighted by Gasteiger charge is 2.24. The Morgan fingerprint density at radius 1 is 1.38 bits per heavy atom. The molecule has 0 saturated heterocycles. The summed E-state index contributed by atoms with van der Waals surface area (Å²) in [6.45, 7) is 0.110. The minimum Gasteiger partial charge on any atom is -0.347 e. The first-order valence-corrected chi connectivity index (χ1v) is 7.20. The van der Waals surface area contributed by atoms with Crippen molar-refractivity contribution in [3.05, 3.63) is 60.2 Å². The third-order valence-electron chi connectivity index (χ3n) is 2.50. The SMILES string of the molecule is O=C(NCc1cc(Br)cs1)c1cc(F)cc([N+](=O)[O-])c1F. The summed E-state index contributed by atoms with van der Waals surface area (Å²) in [5.74, 6) is -3.32. The minimum atomic E-state index is -1.36. The van der Waals surface area contributed by atoms with Crippen LogP contribution in [-0.4, -0.2) is 10.8 Å². The zero-order valence-electron chi connectivity index (χ0n) is 10.2. The Bertz CT molecular complexity index is 721. The molecule has 1 heterocycles. The monoisotopic (exact) mass is 376 g/mol. The van der Waals surface area contributed by atoms with Crippen LogP contribution < -0.4 is 5.32 Å². The number of nitrogens with one attached hydrogen (secondary N) is 1. The molecule has 0 atom stereocenters. The Morgan fingerprint density at radius 3 is 2.67 bits per heavy atom. The second kappa shape index (κ2) is 6.27. The zero-order valence-corrected chi connectivity index (χ0v) is 12.6. The third-order valence-corrected chi connectivity index (χ3v) is 4.20. The van der Waals surface area contributed by atoms with E-state index in [0.717, 1.165) is 9.35 Å². The average Bonchev–Trinajstić information content (AvgIpc) is 2.83. The summed E-state index contributed by atoms with van der Waals surface area (Å²) in [6, 6.07) is 2.82. The van der Waals surface area contributed by atoms with Gasteiger partial charge in [0.15, 0.2) is 0 Å². The molecule has 0 radical (unpaired) electrons. The topological polar surface area (TPSA) is 72.2 Å². The molecule has 21 heavy (non-hydrogen) atoms. The van der Waals surface area contributed by atoms with E-state index >= 15 is 0 Å². The van der Waals surface area contributed by atoms with Crippen LogP contribution in [0, 0.1) is 21.7 Å². The largest absolute Gasteiger partial charge is 0.347 e. The number of carbonyl (C=O) groups is 1. The van der Waals surface area contributed by atoms with Gasteiger partial charge >= 0.3 is 5.69 Å². The van der Waals surface area contributed by atoms with Crippen molar-refractivity contribution >= 4 is 38.9 Å². The van der Waals surface area contributed by atoms with E-state index in [1.165, 1.54) is 11.3 Å². The summed E-state index contributed by atoms with van der Waals surface area (Å²) in [7, 11) is 0. The van der Waals surface area contributed by atoms with E-state index in [0.29, 0.717) is 12.1 Å². The minimum absolute atomic E-state index is 0.110. The number of carbonyl (C=O) groups excluding carboxylic acids is 1. The van der Waals surface area contributed by atoms with E-state index in [9.17, 15) is 23.7 Å². The van der Waals surface area contributed by atoms with Gasteiger partial charge in [0.2, 0.25) is 5.82 Å². The number of nitro groups is 1. The van der Waals surface area contributed by atoms with Gasteiger partial charge in [0.05, 0.1) is 23.1 Å². The Hall–Kier alpha value is -1.87. The Morgan fingerprint density at radius 2 is 2.10 bits per heavy atom. The van der Waals surface area contributed by atoms with Crippen molar-refractivity contribution in [2.24, 2.45) is 0 Å². The number of nitrogens with zero attached hydrogens (tertiary/aromatic N) is 1.